The summed E-state index contributed by atoms with van der Waals surface area (Å²) >= 11 is 0. The second kappa shape index (κ2) is 9.68. The van der Waals surface area contributed by atoms with Gasteiger partial charge in [0.05, 0.1) is 0 Å². The lowest BCUT2D eigenvalue weighted by Crippen LogP contribution is -2.52. The van der Waals surface area contributed by atoms with Gasteiger partial charge in [0, 0.05) is 25.7 Å². The number of hydrogen-bond donors (Lipinski definition) is 3. The molecule has 0 aliphatic heterocycles. The monoisotopic (exact) mass is 394 g/mol. The summed E-state index contributed by atoms with van der Waals surface area (Å²) in [6.45, 7) is 4.60. The van der Waals surface area contributed by atoms with E-state index in [1.807, 2.05) is 73.0 Å². The molecule has 152 valence electrons. The van der Waals surface area contributed by atoms with Crippen LogP contribution in [0, 0.1) is 5.92 Å². The highest BCUT2D eigenvalue weighted by Crippen LogP contribution is 2.05. The summed E-state index contributed by atoms with van der Waals surface area (Å²) in [5, 5.41) is 16.7. The Kier molecular flexibility index (Phi) is 6.78. The van der Waals surface area contributed by atoms with E-state index in [9.17, 15) is 9.59 Å². The van der Waals surface area contributed by atoms with Crippen LogP contribution in [0.15, 0.2) is 54.7 Å². The zero-order valence-corrected chi connectivity index (χ0v) is 16.6. The quantitative estimate of drug-likeness (QED) is 0.543. The number of carbonyl (C=O) groups is 2. The van der Waals surface area contributed by atoms with E-state index >= 15 is 0 Å². The Morgan fingerprint density at radius 1 is 1.00 bits per heavy atom. The van der Waals surface area contributed by atoms with Crippen molar-refractivity contribution in [3.05, 3.63) is 66.1 Å². The molecule has 0 saturated carbocycles. The maximum atomic E-state index is 12.6. The molecule has 0 fully saturated rings. The van der Waals surface area contributed by atoms with Crippen LogP contribution in [0.2, 0.25) is 0 Å². The zero-order chi connectivity index (χ0) is 20.6. The molecule has 29 heavy (non-hydrogen) atoms. The van der Waals surface area contributed by atoms with Crippen LogP contribution in [0.3, 0.4) is 0 Å². The van der Waals surface area contributed by atoms with Crippen LogP contribution in [-0.2, 0) is 17.8 Å². The number of amides is 3. The van der Waals surface area contributed by atoms with Crippen LogP contribution in [0.5, 0.6) is 0 Å². The van der Waals surface area contributed by atoms with Gasteiger partial charge in [-0.25, -0.2) is 4.79 Å². The van der Waals surface area contributed by atoms with E-state index in [1.165, 1.54) is 0 Å². The van der Waals surface area contributed by atoms with Crippen molar-refractivity contribution < 1.29 is 9.59 Å². The van der Waals surface area contributed by atoms with Crippen LogP contribution in [0.25, 0.3) is 5.65 Å². The number of benzene rings is 1. The summed E-state index contributed by atoms with van der Waals surface area (Å²) in [7, 11) is 0. The summed E-state index contributed by atoms with van der Waals surface area (Å²) in [5.41, 5.74) is 1.76. The van der Waals surface area contributed by atoms with Crippen molar-refractivity contribution in [3.8, 4) is 0 Å². The molecule has 0 aliphatic rings. The number of nitrogens with zero attached hydrogens (tertiary/aromatic N) is 3. The first-order valence-corrected chi connectivity index (χ1v) is 9.69. The number of fused-ring (bicyclic) bond motifs is 1. The lowest BCUT2D eigenvalue weighted by Gasteiger charge is -2.22. The van der Waals surface area contributed by atoms with Gasteiger partial charge < -0.3 is 16.0 Å². The van der Waals surface area contributed by atoms with E-state index in [0.717, 1.165) is 17.0 Å². The van der Waals surface area contributed by atoms with Gasteiger partial charge in [-0.1, -0.05) is 50.2 Å². The van der Waals surface area contributed by atoms with Crippen molar-refractivity contribution in [1.82, 2.24) is 30.5 Å². The Bertz CT molecular complexity index is 954. The summed E-state index contributed by atoms with van der Waals surface area (Å²) in [6, 6.07) is 14.3. The molecule has 8 heteroatoms. The molecule has 1 atom stereocenters. The molecule has 1 unspecified atom stereocenters. The average molecular weight is 394 g/mol. The SMILES string of the molecule is CC(C)C(NC(=O)NCc1ccccc1)C(=O)NCCc1nnc2ccccn12. The van der Waals surface area contributed by atoms with Crippen molar-refractivity contribution in [2.24, 2.45) is 5.92 Å². The molecule has 0 spiro atoms. The molecule has 2 heterocycles. The molecule has 3 amide bonds. The Morgan fingerprint density at radius 3 is 2.52 bits per heavy atom. The predicted octanol–water partition coefficient (Wildman–Crippen LogP) is 1.91. The van der Waals surface area contributed by atoms with Gasteiger partial charge in [-0.05, 0) is 23.6 Å². The number of carbonyl (C=O) groups excluding carboxylic acids is 2. The first-order valence-electron chi connectivity index (χ1n) is 9.69. The number of nitrogens with one attached hydrogen (secondary N) is 3. The molecule has 3 rings (SSSR count). The van der Waals surface area contributed by atoms with E-state index in [1.54, 1.807) is 0 Å². The number of aromatic nitrogens is 3. The molecule has 0 radical (unpaired) electrons. The Hall–Kier alpha value is -3.42. The molecular weight excluding hydrogens is 368 g/mol. The van der Waals surface area contributed by atoms with Crippen molar-refractivity contribution in [3.63, 3.8) is 0 Å². The second-order valence-corrected chi connectivity index (χ2v) is 7.12. The lowest BCUT2D eigenvalue weighted by atomic mass is 10.0. The van der Waals surface area contributed by atoms with Gasteiger partial charge in [-0.2, -0.15) is 0 Å². The van der Waals surface area contributed by atoms with E-state index in [0.29, 0.717) is 19.5 Å². The van der Waals surface area contributed by atoms with Gasteiger partial charge in [0.15, 0.2) is 5.65 Å². The average Bonchev–Trinajstić information content (AvgIpc) is 3.14. The van der Waals surface area contributed by atoms with Gasteiger partial charge in [-0.15, -0.1) is 10.2 Å². The molecular formula is C21H26N6O2. The molecule has 0 aliphatic carbocycles. The molecule has 2 aromatic heterocycles. The fourth-order valence-corrected chi connectivity index (χ4v) is 2.97. The summed E-state index contributed by atoms with van der Waals surface area (Å²) in [5.74, 6) is 0.505. The van der Waals surface area contributed by atoms with Gasteiger partial charge in [0.25, 0.3) is 0 Å². The fourth-order valence-electron chi connectivity index (χ4n) is 2.97. The third-order valence-electron chi connectivity index (χ3n) is 4.56. The highest BCUT2D eigenvalue weighted by Gasteiger charge is 2.23. The predicted molar refractivity (Wildman–Crippen MR) is 110 cm³/mol. The van der Waals surface area contributed by atoms with Crippen LogP contribution in [0.4, 0.5) is 4.79 Å². The minimum atomic E-state index is -0.624. The third kappa shape index (κ3) is 5.54. The van der Waals surface area contributed by atoms with Crippen LogP contribution >= 0.6 is 0 Å². The summed E-state index contributed by atoms with van der Waals surface area (Å²) in [4.78, 5) is 24.8. The Labute approximate surface area is 169 Å². The summed E-state index contributed by atoms with van der Waals surface area (Å²) in [6.07, 6.45) is 2.43. The van der Waals surface area contributed by atoms with E-state index in [4.69, 9.17) is 0 Å². The minimum absolute atomic E-state index is 0.0496. The number of rotatable bonds is 8. The van der Waals surface area contributed by atoms with Crippen LogP contribution in [-0.4, -0.2) is 39.1 Å². The zero-order valence-electron chi connectivity index (χ0n) is 16.6. The minimum Gasteiger partial charge on any atom is -0.354 e. The normalized spacial score (nSPS) is 12.0. The molecule has 0 saturated heterocycles. The largest absolute Gasteiger partial charge is 0.354 e. The van der Waals surface area contributed by atoms with Gasteiger partial charge in [0.1, 0.15) is 11.9 Å². The van der Waals surface area contributed by atoms with Crippen molar-refractivity contribution in [1.29, 1.82) is 0 Å². The van der Waals surface area contributed by atoms with Gasteiger partial charge in [-0.3, -0.25) is 9.20 Å². The smallest absolute Gasteiger partial charge is 0.315 e. The van der Waals surface area contributed by atoms with E-state index < -0.39 is 6.04 Å². The molecule has 3 N–H and O–H groups in total. The Morgan fingerprint density at radius 2 is 1.76 bits per heavy atom. The maximum Gasteiger partial charge on any atom is 0.315 e. The summed E-state index contributed by atoms with van der Waals surface area (Å²) < 4.78 is 1.89. The van der Waals surface area contributed by atoms with E-state index in [-0.39, 0.29) is 17.9 Å². The highest BCUT2D eigenvalue weighted by atomic mass is 16.2. The highest BCUT2D eigenvalue weighted by molar-refractivity contribution is 5.87. The Balaban J connectivity index is 1.49. The van der Waals surface area contributed by atoms with Gasteiger partial charge in [0.2, 0.25) is 5.91 Å². The van der Waals surface area contributed by atoms with Gasteiger partial charge >= 0.3 is 6.03 Å². The first kappa shape index (κ1) is 20.3. The topological polar surface area (TPSA) is 100 Å². The number of pyridine rings is 1. The fraction of sp³-hybridized carbons (Fsp3) is 0.333. The molecule has 8 nitrogen and oxygen atoms in total. The lowest BCUT2D eigenvalue weighted by molar-refractivity contribution is -0.123. The number of urea groups is 1. The van der Waals surface area contributed by atoms with E-state index in [2.05, 4.69) is 26.1 Å². The number of hydrogen-bond acceptors (Lipinski definition) is 4. The maximum absolute atomic E-state index is 12.6. The van der Waals surface area contributed by atoms with Crippen LogP contribution < -0.4 is 16.0 Å². The molecule has 0 bridgehead atoms. The first-order chi connectivity index (χ1) is 14.0. The van der Waals surface area contributed by atoms with Crippen molar-refractivity contribution in [2.45, 2.75) is 32.9 Å². The second-order valence-electron chi connectivity index (χ2n) is 7.12. The molecule has 1 aromatic carbocycles. The standard InChI is InChI=1S/C21H26N6O2/c1-15(2)19(24-21(29)23-14-16-8-4-3-5-9-16)20(28)22-12-11-18-26-25-17-10-6-7-13-27(17)18/h3-10,13,15,19H,11-12,14H2,1-2H3,(H,22,28)(H2,23,24,29). The molecule has 3 aromatic rings. The van der Waals surface area contributed by atoms with Crippen molar-refractivity contribution >= 4 is 17.6 Å². The third-order valence-corrected chi connectivity index (χ3v) is 4.56. The van der Waals surface area contributed by atoms with Crippen molar-refractivity contribution in [2.75, 3.05) is 6.54 Å². The van der Waals surface area contributed by atoms with Crippen LogP contribution in [0.1, 0.15) is 25.2 Å².